The first-order valence-corrected chi connectivity index (χ1v) is 8.98. The van der Waals surface area contributed by atoms with Crippen LogP contribution in [0.5, 0.6) is 11.5 Å². The Hall–Kier alpha value is -3.27. The average Bonchev–Trinajstić information content (AvgIpc) is 2.73. The summed E-state index contributed by atoms with van der Waals surface area (Å²) in [7, 11) is 1.65. The molecule has 0 aromatic heterocycles. The second-order valence-electron chi connectivity index (χ2n) is 6.13. The summed E-state index contributed by atoms with van der Waals surface area (Å²) in [6.07, 6.45) is 0.963. The molecule has 3 rings (SSSR count). The van der Waals surface area contributed by atoms with Gasteiger partial charge in [-0.3, -0.25) is 4.79 Å². The molecule has 27 heavy (non-hydrogen) atoms. The normalized spacial score (nSPS) is 10.3. The molecule has 0 saturated heterocycles. The molecule has 0 aliphatic rings. The van der Waals surface area contributed by atoms with Gasteiger partial charge in [0.05, 0.1) is 13.7 Å². The maximum absolute atomic E-state index is 12.4. The minimum atomic E-state index is -0.140. The molecular weight excluding hydrogens is 338 g/mol. The van der Waals surface area contributed by atoms with Gasteiger partial charge in [-0.1, -0.05) is 31.2 Å². The SMILES string of the molecule is CCCOc1ccc(NC(=O)c2ccc(-c3ccc(OC)cc3)cc2)cc1. The van der Waals surface area contributed by atoms with Crippen molar-refractivity contribution >= 4 is 11.6 Å². The standard InChI is InChI=1S/C23H23NO3/c1-3-16-27-22-14-10-20(11-15-22)24-23(25)19-6-4-17(5-7-19)18-8-12-21(26-2)13-9-18/h4-15H,3,16H2,1-2H3,(H,24,25). The van der Waals surface area contributed by atoms with Crippen LogP contribution in [0.25, 0.3) is 11.1 Å². The molecule has 3 aromatic carbocycles. The van der Waals surface area contributed by atoms with E-state index in [4.69, 9.17) is 9.47 Å². The topological polar surface area (TPSA) is 47.6 Å². The number of hydrogen-bond donors (Lipinski definition) is 1. The summed E-state index contributed by atoms with van der Waals surface area (Å²) in [6, 6.07) is 22.8. The van der Waals surface area contributed by atoms with Crippen LogP contribution in [0.3, 0.4) is 0 Å². The van der Waals surface area contributed by atoms with Crippen LogP contribution in [0.2, 0.25) is 0 Å². The van der Waals surface area contributed by atoms with Gasteiger partial charge >= 0.3 is 0 Å². The Morgan fingerprint density at radius 3 is 1.93 bits per heavy atom. The van der Waals surface area contributed by atoms with Gasteiger partial charge < -0.3 is 14.8 Å². The molecule has 0 saturated carbocycles. The number of hydrogen-bond acceptors (Lipinski definition) is 3. The molecule has 0 unspecified atom stereocenters. The zero-order valence-electron chi connectivity index (χ0n) is 15.6. The van der Waals surface area contributed by atoms with Crippen LogP contribution in [0, 0.1) is 0 Å². The van der Waals surface area contributed by atoms with Crippen molar-refractivity contribution in [2.24, 2.45) is 0 Å². The summed E-state index contributed by atoms with van der Waals surface area (Å²) in [4.78, 5) is 12.4. The van der Waals surface area contributed by atoms with Crippen molar-refractivity contribution in [3.63, 3.8) is 0 Å². The van der Waals surface area contributed by atoms with E-state index < -0.39 is 0 Å². The molecule has 0 aliphatic heterocycles. The lowest BCUT2D eigenvalue weighted by atomic mass is 10.0. The van der Waals surface area contributed by atoms with E-state index in [1.165, 1.54) is 0 Å². The summed E-state index contributed by atoms with van der Waals surface area (Å²) < 4.78 is 10.7. The molecule has 0 radical (unpaired) electrons. The Morgan fingerprint density at radius 2 is 1.37 bits per heavy atom. The number of anilines is 1. The van der Waals surface area contributed by atoms with E-state index in [0.29, 0.717) is 12.2 Å². The molecule has 1 amide bonds. The van der Waals surface area contributed by atoms with Crippen molar-refractivity contribution in [1.29, 1.82) is 0 Å². The summed E-state index contributed by atoms with van der Waals surface area (Å²) in [6.45, 7) is 2.75. The van der Waals surface area contributed by atoms with Gasteiger partial charge in [0.2, 0.25) is 0 Å². The lowest BCUT2D eigenvalue weighted by Gasteiger charge is -2.09. The van der Waals surface area contributed by atoms with Crippen molar-refractivity contribution in [3.8, 4) is 22.6 Å². The van der Waals surface area contributed by atoms with E-state index in [1.807, 2.05) is 72.8 Å². The summed E-state index contributed by atoms with van der Waals surface area (Å²) in [5.74, 6) is 1.48. The van der Waals surface area contributed by atoms with Gasteiger partial charge in [-0.15, -0.1) is 0 Å². The number of carbonyl (C=O) groups excluding carboxylic acids is 1. The Labute approximate surface area is 159 Å². The molecule has 1 N–H and O–H groups in total. The van der Waals surface area contributed by atoms with Crippen LogP contribution < -0.4 is 14.8 Å². The number of ether oxygens (including phenoxy) is 2. The number of nitrogens with one attached hydrogen (secondary N) is 1. The Morgan fingerprint density at radius 1 is 0.815 bits per heavy atom. The van der Waals surface area contributed by atoms with E-state index in [-0.39, 0.29) is 5.91 Å². The second kappa shape index (κ2) is 8.90. The lowest BCUT2D eigenvalue weighted by Crippen LogP contribution is -2.11. The third kappa shape index (κ3) is 4.88. The quantitative estimate of drug-likeness (QED) is 0.613. The van der Waals surface area contributed by atoms with Gasteiger partial charge in [-0.25, -0.2) is 0 Å². The maximum atomic E-state index is 12.4. The summed E-state index contributed by atoms with van der Waals surface area (Å²) >= 11 is 0. The minimum absolute atomic E-state index is 0.140. The van der Waals surface area contributed by atoms with Crippen LogP contribution in [0.4, 0.5) is 5.69 Å². The fourth-order valence-corrected chi connectivity index (χ4v) is 2.66. The van der Waals surface area contributed by atoms with Crippen LogP contribution >= 0.6 is 0 Å². The first-order chi connectivity index (χ1) is 13.2. The lowest BCUT2D eigenvalue weighted by molar-refractivity contribution is 0.102. The van der Waals surface area contributed by atoms with Gasteiger partial charge in [-0.05, 0) is 66.1 Å². The van der Waals surface area contributed by atoms with Gasteiger partial charge in [0, 0.05) is 11.3 Å². The van der Waals surface area contributed by atoms with Crippen molar-refractivity contribution in [2.75, 3.05) is 19.0 Å². The fraction of sp³-hybridized carbons (Fsp3) is 0.174. The first-order valence-electron chi connectivity index (χ1n) is 8.98. The highest BCUT2D eigenvalue weighted by atomic mass is 16.5. The predicted octanol–water partition coefficient (Wildman–Crippen LogP) is 5.40. The van der Waals surface area contributed by atoms with Crippen molar-refractivity contribution in [1.82, 2.24) is 0 Å². The predicted molar refractivity (Wildman–Crippen MR) is 109 cm³/mol. The van der Waals surface area contributed by atoms with E-state index in [0.717, 1.165) is 34.7 Å². The maximum Gasteiger partial charge on any atom is 0.255 e. The Bertz CT molecular complexity index is 869. The third-order valence-electron chi connectivity index (χ3n) is 4.16. The van der Waals surface area contributed by atoms with Gasteiger partial charge in [0.1, 0.15) is 11.5 Å². The zero-order valence-corrected chi connectivity index (χ0v) is 15.6. The highest BCUT2D eigenvalue weighted by Crippen LogP contribution is 2.23. The van der Waals surface area contributed by atoms with Crippen LogP contribution in [0.15, 0.2) is 72.8 Å². The van der Waals surface area contributed by atoms with Crippen LogP contribution in [0.1, 0.15) is 23.7 Å². The first kappa shape index (κ1) is 18.5. The molecule has 0 atom stereocenters. The number of methoxy groups -OCH3 is 1. The van der Waals surface area contributed by atoms with Gasteiger partial charge in [0.25, 0.3) is 5.91 Å². The highest BCUT2D eigenvalue weighted by Gasteiger charge is 2.07. The minimum Gasteiger partial charge on any atom is -0.497 e. The van der Waals surface area contributed by atoms with E-state index in [9.17, 15) is 4.79 Å². The molecule has 138 valence electrons. The monoisotopic (exact) mass is 361 g/mol. The molecule has 4 nitrogen and oxygen atoms in total. The number of benzene rings is 3. The highest BCUT2D eigenvalue weighted by molar-refractivity contribution is 6.04. The van der Waals surface area contributed by atoms with Crippen molar-refractivity contribution in [3.05, 3.63) is 78.4 Å². The van der Waals surface area contributed by atoms with E-state index in [1.54, 1.807) is 7.11 Å². The molecular formula is C23H23NO3. The Balaban J connectivity index is 1.64. The van der Waals surface area contributed by atoms with Crippen LogP contribution in [-0.2, 0) is 0 Å². The second-order valence-corrected chi connectivity index (χ2v) is 6.13. The van der Waals surface area contributed by atoms with E-state index in [2.05, 4.69) is 12.2 Å². The third-order valence-corrected chi connectivity index (χ3v) is 4.16. The number of amides is 1. The number of carbonyl (C=O) groups is 1. The summed E-state index contributed by atoms with van der Waals surface area (Å²) in [5.41, 5.74) is 3.47. The Kier molecular flexibility index (Phi) is 6.10. The van der Waals surface area contributed by atoms with E-state index >= 15 is 0 Å². The fourth-order valence-electron chi connectivity index (χ4n) is 2.66. The average molecular weight is 361 g/mol. The van der Waals surface area contributed by atoms with Crippen molar-refractivity contribution < 1.29 is 14.3 Å². The van der Waals surface area contributed by atoms with Crippen molar-refractivity contribution in [2.45, 2.75) is 13.3 Å². The smallest absolute Gasteiger partial charge is 0.255 e. The molecule has 0 fully saturated rings. The molecule has 3 aromatic rings. The summed E-state index contributed by atoms with van der Waals surface area (Å²) in [5, 5.41) is 2.90. The van der Waals surface area contributed by atoms with Gasteiger partial charge in [-0.2, -0.15) is 0 Å². The largest absolute Gasteiger partial charge is 0.497 e. The van der Waals surface area contributed by atoms with Gasteiger partial charge in [0.15, 0.2) is 0 Å². The zero-order chi connectivity index (χ0) is 19.1. The molecule has 0 heterocycles. The molecule has 0 spiro atoms. The molecule has 0 aliphatic carbocycles. The molecule has 0 bridgehead atoms. The number of rotatable bonds is 7. The molecule has 4 heteroatoms. The van der Waals surface area contributed by atoms with Crippen LogP contribution in [-0.4, -0.2) is 19.6 Å².